The van der Waals surface area contributed by atoms with Gasteiger partial charge in [-0.15, -0.1) is 0 Å². The SMILES string of the molecule is N#CC(C1=CCCCC1)C1CCCCC1. The zero-order chi connectivity index (χ0) is 10.5. The Kier molecular flexibility index (Phi) is 3.83. The zero-order valence-electron chi connectivity index (χ0n) is 9.54. The Morgan fingerprint density at radius 2 is 1.93 bits per heavy atom. The fraction of sp³-hybridized carbons (Fsp3) is 0.786. The summed E-state index contributed by atoms with van der Waals surface area (Å²) >= 11 is 0. The Bertz CT molecular complexity index is 266. The third-order valence-corrected chi connectivity index (χ3v) is 3.99. The van der Waals surface area contributed by atoms with Crippen LogP contribution in [0.5, 0.6) is 0 Å². The summed E-state index contributed by atoms with van der Waals surface area (Å²) < 4.78 is 0. The van der Waals surface area contributed by atoms with Crippen molar-refractivity contribution < 1.29 is 0 Å². The standard InChI is InChI=1S/C14H21N/c15-11-14(12-7-3-1-4-8-12)13-9-5-2-6-10-13/h7,13-14H,1-6,8-10H2. The molecule has 0 aromatic carbocycles. The molecule has 1 unspecified atom stereocenters. The van der Waals surface area contributed by atoms with Crippen LogP contribution in [0.4, 0.5) is 0 Å². The minimum atomic E-state index is 0.255. The summed E-state index contributed by atoms with van der Waals surface area (Å²) in [6.07, 6.45) is 14.0. The van der Waals surface area contributed by atoms with Crippen LogP contribution < -0.4 is 0 Å². The second kappa shape index (κ2) is 5.35. The maximum Gasteiger partial charge on any atom is 0.0703 e. The second-order valence-electron chi connectivity index (χ2n) is 5.03. The molecule has 0 radical (unpaired) electrons. The highest BCUT2D eigenvalue weighted by atomic mass is 14.4. The minimum absolute atomic E-state index is 0.255. The van der Waals surface area contributed by atoms with Crippen molar-refractivity contribution in [3.63, 3.8) is 0 Å². The van der Waals surface area contributed by atoms with Crippen LogP contribution in [0.3, 0.4) is 0 Å². The molecule has 82 valence electrons. The summed E-state index contributed by atoms with van der Waals surface area (Å²) in [6, 6.07) is 2.57. The third-order valence-electron chi connectivity index (χ3n) is 3.99. The monoisotopic (exact) mass is 203 g/mol. The van der Waals surface area contributed by atoms with Crippen molar-refractivity contribution in [3.8, 4) is 6.07 Å². The highest BCUT2D eigenvalue weighted by Gasteiger charge is 2.26. The molecule has 0 spiro atoms. The van der Waals surface area contributed by atoms with Gasteiger partial charge >= 0.3 is 0 Å². The van der Waals surface area contributed by atoms with Gasteiger partial charge in [0.05, 0.1) is 12.0 Å². The van der Waals surface area contributed by atoms with Crippen molar-refractivity contribution in [3.05, 3.63) is 11.6 Å². The molecule has 0 aliphatic heterocycles. The Labute approximate surface area is 93.2 Å². The number of nitrogens with zero attached hydrogens (tertiary/aromatic N) is 1. The lowest BCUT2D eigenvalue weighted by molar-refractivity contribution is 0.308. The van der Waals surface area contributed by atoms with E-state index in [1.54, 1.807) is 0 Å². The molecule has 2 rings (SSSR count). The molecule has 1 atom stereocenters. The van der Waals surface area contributed by atoms with Gasteiger partial charge in [0.25, 0.3) is 0 Å². The number of nitriles is 1. The van der Waals surface area contributed by atoms with Gasteiger partial charge in [0.1, 0.15) is 0 Å². The topological polar surface area (TPSA) is 23.8 Å². The van der Waals surface area contributed by atoms with Crippen molar-refractivity contribution in [2.24, 2.45) is 11.8 Å². The molecule has 15 heavy (non-hydrogen) atoms. The van der Waals surface area contributed by atoms with Crippen LogP contribution in [0, 0.1) is 23.2 Å². The zero-order valence-corrected chi connectivity index (χ0v) is 9.54. The molecule has 1 heteroatoms. The Morgan fingerprint density at radius 3 is 2.53 bits per heavy atom. The highest BCUT2D eigenvalue weighted by Crippen LogP contribution is 2.36. The van der Waals surface area contributed by atoms with Gasteiger partial charge in [-0.05, 0) is 44.4 Å². The smallest absolute Gasteiger partial charge is 0.0703 e. The lowest BCUT2D eigenvalue weighted by atomic mass is 9.75. The molecule has 2 aliphatic rings. The largest absolute Gasteiger partial charge is 0.198 e. The van der Waals surface area contributed by atoms with E-state index in [1.165, 1.54) is 63.4 Å². The van der Waals surface area contributed by atoms with Crippen molar-refractivity contribution in [2.75, 3.05) is 0 Å². The van der Waals surface area contributed by atoms with Crippen LogP contribution in [-0.4, -0.2) is 0 Å². The summed E-state index contributed by atoms with van der Waals surface area (Å²) in [5.74, 6) is 0.929. The molecule has 0 amide bonds. The first-order chi connectivity index (χ1) is 7.42. The molecular formula is C14H21N. The van der Waals surface area contributed by atoms with E-state index in [0.29, 0.717) is 5.92 Å². The van der Waals surface area contributed by atoms with Gasteiger partial charge in [0.2, 0.25) is 0 Å². The summed E-state index contributed by atoms with van der Waals surface area (Å²) in [4.78, 5) is 0. The van der Waals surface area contributed by atoms with Crippen LogP contribution in [0.1, 0.15) is 57.8 Å². The van der Waals surface area contributed by atoms with E-state index in [0.717, 1.165) is 0 Å². The van der Waals surface area contributed by atoms with E-state index >= 15 is 0 Å². The molecule has 2 aliphatic carbocycles. The van der Waals surface area contributed by atoms with Crippen molar-refractivity contribution in [1.82, 2.24) is 0 Å². The van der Waals surface area contributed by atoms with Crippen molar-refractivity contribution in [2.45, 2.75) is 57.8 Å². The normalized spacial score (nSPS) is 25.4. The van der Waals surface area contributed by atoms with E-state index in [1.807, 2.05) is 0 Å². The molecule has 0 bridgehead atoms. The highest BCUT2D eigenvalue weighted by molar-refractivity contribution is 5.17. The number of hydrogen-bond acceptors (Lipinski definition) is 1. The van der Waals surface area contributed by atoms with E-state index in [-0.39, 0.29) is 5.92 Å². The maximum atomic E-state index is 9.34. The lowest BCUT2D eigenvalue weighted by Crippen LogP contribution is -2.19. The Morgan fingerprint density at radius 1 is 1.13 bits per heavy atom. The van der Waals surface area contributed by atoms with E-state index < -0.39 is 0 Å². The van der Waals surface area contributed by atoms with E-state index in [9.17, 15) is 5.26 Å². The molecule has 1 nitrogen and oxygen atoms in total. The van der Waals surface area contributed by atoms with E-state index in [2.05, 4.69) is 12.1 Å². The Balaban J connectivity index is 2.02. The van der Waals surface area contributed by atoms with Gasteiger partial charge in [0, 0.05) is 0 Å². The van der Waals surface area contributed by atoms with Gasteiger partial charge in [-0.25, -0.2) is 0 Å². The number of rotatable bonds is 2. The molecule has 0 aromatic rings. The van der Waals surface area contributed by atoms with Crippen molar-refractivity contribution in [1.29, 1.82) is 5.26 Å². The third kappa shape index (κ3) is 2.62. The van der Waals surface area contributed by atoms with Crippen LogP contribution in [0.15, 0.2) is 11.6 Å². The molecule has 0 N–H and O–H groups in total. The maximum absolute atomic E-state index is 9.34. The van der Waals surface area contributed by atoms with Crippen LogP contribution in [0.25, 0.3) is 0 Å². The quantitative estimate of drug-likeness (QED) is 0.617. The average Bonchev–Trinajstić information content (AvgIpc) is 2.33. The summed E-state index contributed by atoms with van der Waals surface area (Å²) in [5.41, 5.74) is 1.47. The first kappa shape index (κ1) is 10.7. The minimum Gasteiger partial charge on any atom is -0.198 e. The van der Waals surface area contributed by atoms with Gasteiger partial charge in [-0.1, -0.05) is 30.9 Å². The summed E-state index contributed by atoms with van der Waals surface area (Å²) in [7, 11) is 0. The van der Waals surface area contributed by atoms with Gasteiger partial charge < -0.3 is 0 Å². The van der Waals surface area contributed by atoms with Gasteiger partial charge in [-0.2, -0.15) is 5.26 Å². The molecule has 0 saturated heterocycles. The predicted octanol–water partition coefficient (Wildman–Crippen LogP) is 4.21. The lowest BCUT2D eigenvalue weighted by Gasteiger charge is -2.28. The molecule has 0 heterocycles. The van der Waals surface area contributed by atoms with Crippen molar-refractivity contribution >= 4 is 0 Å². The number of allylic oxidation sites excluding steroid dienone is 2. The first-order valence-electron chi connectivity index (χ1n) is 6.50. The van der Waals surface area contributed by atoms with Gasteiger partial charge in [0.15, 0.2) is 0 Å². The summed E-state index contributed by atoms with van der Waals surface area (Å²) in [5, 5.41) is 9.34. The average molecular weight is 203 g/mol. The second-order valence-corrected chi connectivity index (χ2v) is 5.03. The predicted molar refractivity (Wildman–Crippen MR) is 62.2 cm³/mol. The van der Waals surface area contributed by atoms with Crippen LogP contribution in [0.2, 0.25) is 0 Å². The molecule has 0 aromatic heterocycles. The fourth-order valence-corrected chi connectivity index (χ4v) is 3.10. The Hall–Kier alpha value is -0.770. The van der Waals surface area contributed by atoms with Gasteiger partial charge in [-0.3, -0.25) is 0 Å². The summed E-state index contributed by atoms with van der Waals surface area (Å²) in [6.45, 7) is 0. The molecule has 1 saturated carbocycles. The van der Waals surface area contributed by atoms with Crippen LogP contribution in [-0.2, 0) is 0 Å². The fourth-order valence-electron chi connectivity index (χ4n) is 3.10. The molecule has 1 fully saturated rings. The van der Waals surface area contributed by atoms with E-state index in [4.69, 9.17) is 0 Å². The number of hydrogen-bond donors (Lipinski definition) is 0. The first-order valence-corrected chi connectivity index (χ1v) is 6.50. The van der Waals surface area contributed by atoms with Crippen LogP contribution >= 0.6 is 0 Å². The molecular weight excluding hydrogens is 182 g/mol.